The van der Waals surface area contributed by atoms with E-state index in [1.54, 1.807) is 0 Å². The van der Waals surface area contributed by atoms with E-state index in [0.717, 1.165) is 0 Å². The second-order valence-corrected chi connectivity index (χ2v) is 1.72. The molecule has 0 bridgehead atoms. The van der Waals surface area contributed by atoms with Crippen molar-refractivity contribution in [2.75, 3.05) is 0 Å². The molecule has 0 aliphatic heterocycles. The van der Waals surface area contributed by atoms with Crippen LogP contribution in [0.5, 0.6) is 0 Å². The van der Waals surface area contributed by atoms with Crippen LogP contribution in [0.1, 0.15) is 0 Å². The van der Waals surface area contributed by atoms with Crippen LogP contribution in [0.15, 0.2) is 0 Å². The Hall–Kier alpha value is -2.78. The zero-order chi connectivity index (χ0) is 15.5. The number of rotatable bonds is 0. The molecule has 0 atom stereocenters. The van der Waals surface area contributed by atoms with Gasteiger partial charge in [0.05, 0.1) is 35.8 Å². The number of quaternary nitrogens is 3. The fourth-order valence-corrected chi connectivity index (χ4v) is 0. The molecule has 0 rings (SSSR count). The first-order valence-electron chi connectivity index (χ1n) is 3.20. The maximum Gasteiger partial charge on any atom is 0.0870 e. The summed E-state index contributed by atoms with van der Waals surface area (Å²) in [4.78, 5) is 53.6. The van der Waals surface area contributed by atoms with Crippen LogP contribution in [0, 0.1) is 0 Å². The minimum atomic E-state index is -2.19. The molecule has 0 aromatic heterocycles. The number of hydrogen-bond acceptors (Lipinski definition) is 12. The van der Waals surface area contributed by atoms with Crippen LogP contribution in [0.3, 0.4) is 0 Å². The maximum absolute atomic E-state index is 8.93. The Kier molecular flexibility index (Phi) is 45.3. The molecule has 0 saturated heterocycles. The Labute approximate surface area is 131 Å². The maximum atomic E-state index is 8.93. The molecule has 0 aliphatic rings. The summed E-state index contributed by atoms with van der Waals surface area (Å²) in [6.07, 6.45) is 0. The molecule has 0 unspecified atom stereocenters. The van der Waals surface area contributed by atoms with E-state index in [1.807, 2.05) is 0 Å². The quantitative estimate of drug-likeness (QED) is 0.262. The summed E-state index contributed by atoms with van der Waals surface area (Å²) < 4.78 is 0. The predicted molar refractivity (Wildman–Crippen MR) is 48.0 cm³/mol. The van der Waals surface area contributed by atoms with E-state index >= 15 is 0 Å². The van der Waals surface area contributed by atoms with Crippen LogP contribution >= 0.6 is 0 Å². The molecule has 0 fully saturated rings. The van der Waals surface area contributed by atoms with Gasteiger partial charge in [-0.05, 0) is 0 Å². The Morgan fingerprint density at radius 1 is 0.364 bits per heavy atom. The van der Waals surface area contributed by atoms with Crippen molar-refractivity contribution >= 4 is 35.8 Å². The van der Waals surface area contributed by atoms with Gasteiger partial charge < -0.3 is 77.9 Å². The van der Waals surface area contributed by atoms with Crippen LogP contribution in [-0.4, -0.2) is 35.8 Å². The molecule has 0 heterocycles. The first-order valence-corrected chi connectivity index (χ1v) is 3.20. The summed E-state index contributed by atoms with van der Waals surface area (Å²) in [5.41, 5.74) is 0. The SMILES string of the molecule is O=C([O-])C(=O)[O-].O=C([O-])C(=O)[O-].O=C([O-])C(=O)[O-].[Fe].[NH4+].[NH4+].[NH4+]. The summed E-state index contributed by atoms with van der Waals surface area (Å²) in [5, 5.41) is 53.6. The average molecular weight is 374 g/mol. The fraction of sp³-hybridized carbons (Fsp3) is 0. The normalized spacial score (nSPS) is 6.00. The van der Waals surface area contributed by atoms with Gasteiger partial charge in [0.15, 0.2) is 0 Å². The van der Waals surface area contributed by atoms with Gasteiger partial charge in [-0.25, -0.2) is 0 Å². The number of carboxylic acid groups (broad SMARTS) is 6. The topological polar surface area (TPSA) is 350 Å². The Bertz CT molecular complexity index is 290. The first kappa shape index (κ1) is 42.7. The van der Waals surface area contributed by atoms with E-state index in [9.17, 15) is 0 Å². The number of carbonyl (C=O) groups excluding carboxylic acids is 6. The van der Waals surface area contributed by atoms with Gasteiger partial charge in [-0.2, -0.15) is 0 Å². The second-order valence-electron chi connectivity index (χ2n) is 1.72. The van der Waals surface area contributed by atoms with Crippen molar-refractivity contribution in [3.63, 3.8) is 0 Å². The molecule has 0 amide bonds. The molecule has 12 N–H and O–H groups in total. The minimum Gasteiger partial charge on any atom is -0.543 e. The summed E-state index contributed by atoms with van der Waals surface area (Å²) in [7, 11) is 0. The van der Waals surface area contributed by atoms with Crippen molar-refractivity contribution in [2.45, 2.75) is 0 Å². The molecular weight excluding hydrogens is 362 g/mol. The molecule has 134 valence electrons. The molecule has 16 heteroatoms. The summed E-state index contributed by atoms with van der Waals surface area (Å²) in [6.45, 7) is 0. The first-order chi connectivity index (χ1) is 7.93. The molecule has 0 aromatic carbocycles. The van der Waals surface area contributed by atoms with Gasteiger partial charge in [0, 0.05) is 17.1 Å². The van der Waals surface area contributed by atoms with Crippen LogP contribution < -0.4 is 49.1 Å². The van der Waals surface area contributed by atoms with E-state index < -0.39 is 35.8 Å². The van der Waals surface area contributed by atoms with Crippen LogP contribution in [0.2, 0.25) is 0 Å². The largest absolute Gasteiger partial charge is 0.543 e. The van der Waals surface area contributed by atoms with Gasteiger partial charge in [0.2, 0.25) is 0 Å². The third-order valence-corrected chi connectivity index (χ3v) is 0.500. The summed E-state index contributed by atoms with van der Waals surface area (Å²) in [5.74, 6) is -13.1. The number of carboxylic acids is 6. The van der Waals surface area contributed by atoms with Crippen molar-refractivity contribution in [1.29, 1.82) is 0 Å². The van der Waals surface area contributed by atoms with Crippen molar-refractivity contribution in [3.8, 4) is 0 Å². The Morgan fingerprint density at radius 2 is 0.409 bits per heavy atom. The van der Waals surface area contributed by atoms with E-state index in [0.29, 0.717) is 0 Å². The molecule has 0 aliphatic carbocycles. The Morgan fingerprint density at radius 3 is 0.409 bits per heavy atom. The molecular formula is C6H12FeN3O12-3. The van der Waals surface area contributed by atoms with Crippen LogP contribution in [0.25, 0.3) is 0 Å². The summed E-state index contributed by atoms with van der Waals surface area (Å²) >= 11 is 0. The van der Waals surface area contributed by atoms with Crippen molar-refractivity contribution in [1.82, 2.24) is 18.5 Å². The Balaban J connectivity index is -0.0000000281. The minimum absolute atomic E-state index is 0. The van der Waals surface area contributed by atoms with Crippen molar-refractivity contribution in [3.05, 3.63) is 0 Å². The van der Waals surface area contributed by atoms with Gasteiger partial charge in [-0.15, -0.1) is 0 Å². The monoisotopic (exact) mass is 374 g/mol. The number of hydrogen-bond donors (Lipinski definition) is 3. The fourth-order valence-electron chi connectivity index (χ4n) is 0. The second kappa shape index (κ2) is 23.3. The van der Waals surface area contributed by atoms with Gasteiger partial charge >= 0.3 is 0 Å². The molecule has 0 aromatic rings. The van der Waals surface area contributed by atoms with Gasteiger partial charge in [0.1, 0.15) is 0 Å². The number of aliphatic carboxylic acids is 6. The molecule has 22 heavy (non-hydrogen) atoms. The van der Waals surface area contributed by atoms with Crippen LogP contribution in [-0.2, 0) is 45.8 Å². The third-order valence-electron chi connectivity index (χ3n) is 0.500. The van der Waals surface area contributed by atoms with Gasteiger partial charge in [-0.3, -0.25) is 0 Å². The van der Waals surface area contributed by atoms with Crippen molar-refractivity contribution in [2.24, 2.45) is 0 Å². The van der Waals surface area contributed by atoms with E-state index in [4.69, 9.17) is 59.4 Å². The standard InChI is InChI=1S/3C2H2O4.Fe.3H3N/c3*3-1(4)2(5)6;;;;/h3*(H,3,4)(H,5,6);;3*1H3/p-3. The van der Waals surface area contributed by atoms with E-state index in [2.05, 4.69) is 0 Å². The molecule has 0 radical (unpaired) electrons. The van der Waals surface area contributed by atoms with Crippen LogP contribution in [0.4, 0.5) is 0 Å². The third kappa shape index (κ3) is 53.3. The number of carbonyl (C=O) groups is 6. The predicted octanol–water partition coefficient (Wildman–Crippen LogP) is -9.42. The average Bonchev–Trinajstić information content (AvgIpc) is 2.18. The van der Waals surface area contributed by atoms with E-state index in [-0.39, 0.29) is 35.5 Å². The summed E-state index contributed by atoms with van der Waals surface area (Å²) in [6, 6.07) is 0. The molecule has 15 nitrogen and oxygen atoms in total. The van der Waals surface area contributed by atoms with Gasteiger partial charge in [-0.1, -0.05) is 0 Å². The molecule has 0 spiro atoms. The van der Waals surface area contributed by atoms with Gasteiger partial charge in [0.25, 0.3) is 0 Å². The van der Waals surface area contributed by atoms with Crippen molar-refractivity contribution < 1.29 is 76.5 Å². The zero-order valence-electron chi connectivity index (χ0n) is 11.3. The molecule has 0 saturated carbocycles. The zero-order valence-corrected chi connectivity index (χ0v) is 12.4. The smallest absolute Gasteiger partial charge is 0.0870 e. The van der Waals surface area contributed by atoms with E-state index in [1.165, 1.54) is 0 Å².